The van der Waals surface area contributed by atoms with Crippen LogP contribution in [0.3, 0.4) is 0 Å². The average molecular weight is 471 g/mol. The van der Waals surface area contributed by atoms with Gasteiger partial charge in [-0.3, -0.25) is 9.78 Å². The Kier molecular flexibility index (Phi) is 7.44. The average Bonchev–Trinajstić information content (AvgIpc) is 2.91. The van der Waals surface area contributed by atoms with Crippen molar-refractivity contribution in [3.05, 3.63) is 108 Å². The summed E-state index contributed by atoms with van der Waals surface area (Å²) in [5.74, 6) is 5.01. The van der Waals surface area contributed by atoms with Crippen molar-refractivity contribution in [3.63, 3.8) is 0 Å². The number of amides is 1. The van der Waals surface area contributed by atoms with Crippen molar-refractivity contribution >= 4 is 16.7 Å². The van der Waals surface area contributed by atoms with Crippen molar-refractivity contribution in [1.82, 2.24) is 15.6 Å². The Labute approximate surface area is 203 Å². The maximum atomic E-state index is 13.0. The summed E-state index contributed by atoms with van der Waals surface area (Å²) in [6.07, 6.45) is 4.80. The van der Waals surface area contributed by atoms with Gasteiger partial charge in [-0.05, 0) is 51.9 Å². The standard InChI is InChI=1S/C27H26N4O4/c1-34-21-7-4-6-18(13-21)22-10-9-20(25-16-29-12-11-24(22)25)15-31-27(33)23-8-3-2-5-19(23)14-30-17-26(32)35-28/h2-13,16-17,30,32H,14-15,28H2,1H3,(H,31,33)/b26-17-. The second-order valence-corrected chi connectivity index (χ2v) is 7.75. The fourth-order valence-corrected chi connectivity index (χ4v) is 3.89. The lowest BCUT2D eigenvalue weighted by molar-refractivity contribution is 0.0923. The van der Waals surface area contributed by atoms with E-state index in [-0.39, 0.29) is 5.91 Å². The van der Waals surface area contributed by atoms with Gasteiger partial charge >= 0.3 is 5.95 Å². The number of ether oxygens (including phenoxy) is 1. The minimum absolute atomic E-state index is 0.209. The molecule has 0 saturated heterocycles. The number of aliphatic hydroxyl groups excluding tert-OH is 1. The van der Waals surface area contributed by atoms with Crippen molar-refractivity contribution in [2.45, 2.75) is 13.1 Å². The molecule has 4 rings (SSSR count). The van der Waals surface area contributed by atoms with Gasteiger partial charge in [0.15, 0.2) is 0 Å². The van der Waals surface area contributed by atoms with E-state index in [9.17, 15) is 9.90 Å². The van der Waals surface area contributed by atoms with E-state index in [2.05, 4.69) is 26.5 Å². The summed E-state index contributed by atoms with van der Waals surface area (Å²) in [5.41, 5.74) is 4.34. The lowest BCUT2D eigenvalue weighted by atomic mass is 9.96. The molecule has 8 heteroatoms. The van der Waals surface area contributed by atoms with E-state index >= 15 is 0 Å². The second kappa shape index (κ2) is 11.0. The number of hydrogen-bond donors (Lipinski definition) is 4. The molecular formula is C27H26N4O4. The van der Waals surface area contributed by atoms with Gasteiger partial charge in [-0.25, -0.2) is 0 Å². The number of fused-ring (bicyclic) bond motifs is 1. The third-order valence-corrected chi connectivity index (χ3v) is 5.63. The molecule has 178 valence electrons. The van der Waals surface area contributed by atoms with Crippen molar-refractivity contribution in [2.24, 2.45) is 5.90 Å². The number of aliphatic hydroxyl groups is 1. The second-order valence-electron chi connectivity index (χ2n) is 7.75. The van der Waals surface area contributed by atoms with Crippen LogP contribution in [0.4, 0.5) is 0 Å². The third kappa shape index (κ3) is 5.51. The largest absolute Gasteiger partial charge is 0.497 e. The highest BCUT2D eigenvalue weighted by Gasteiger charge is 2.13. The molecule has 0 atom stereocenters. The van der Waals surface area contributed by atoms with Crippen LogP contribution in [-0.4, -0.2) is 23.1 Å². The first-order valence-electron chi connectivity index (χ1n) is 11.0. The zero-order valence-electron chi connectivity index (χ0n) is 19.2. The molecule has 0 fully saturated rings. The number of rotatable bonds is 9. The molecule has 0 bridgehead atoms. The lowest BCUT2D eigenvalue weighted by Gasteiger charge is -2.14. The van der Waals surface area contributed by atoms with Crippen molar-refractivity contribution < 1.29 is 19.5 Å². The molecule has 0 radical (unpaired) electrons. The van der Waals surface area contributed by atoms with Gasteiger partial charge in [0.25, 0.3) is 5.91 Å². The third-order valence-electron chi connectivity index (χ3n) is 5.63. The zero-order valence-corrected chi connectivity index (χ0v) is 19.2. The Bertz CT molecular complexity index is 1370. The van der Waals surface area contributed by atoms with Crippen LogP contribution in [-0.2, 0) is 17.9 Å². The molecule has 1 amide bonds. The number of carbonyl (C=O) groups excluding carboxylic acids is 1. The van der Waals surface area contributed by atoms with Gasteiger partial charge in [0.1, 0.15) is 5.75 Å². The number of nitrogens with zero attached hydrogens (tertiary/aromatic N) is 1. The van der Waals surface area contributed by atoms with Gasteiger partial charge in [0.2, 0.25) is 0 Å². The van der Waals surface area contributed by atoms with E-state index in [0.29, 0.717) is 18.7 Å². The molecule has 0 aliphatic heterocycles. The summed E-state index contributed by atoms with van der Waals surface area (Å²) in [6.45, 7) is 0.641. The summed E-state index contributed by atoms with van der Waals surface area (Å²) in [5, 5.41) is 17.2. The van der Waals surface area contributed by atoms with Crippen molar-refractivity contribution in [2.75, 3.05) is 7.11 Å². The van der Waals surface area contributed by atoms with Crippen LogP contribution in [0.25, 0.3) is 21.9 Å². The molecule has 4 aromatic rings. The Morgan fingerprint density at radius 3 is 2.71 bits per heavy atom. The van der Waals surface area contributed by atoms with Gasteiger partial charge < -0.3 is 25.3 Å². The van der Waals surface area contributed by atoms with E-state index in [1.807, 2.05) is 54.7 Å². The molecule has 0 saturated carbocycles. The molecule has 5 N–H and O–H groups in total. The molecule has 0 aliphatic carbocycles. The highest BCUT2D eigenvalue weighted by molar-refractivity contribution is 5.99. The van der Waals surface area contributed by atoms with E-state index in [0.717, 1.165) is 38.8 Å². The van der Waals surface area contributed by atoms with Crippen molar-refractivity contribution in [3.8, 4) is 16.9 Å². The fourth-order valence-electron chi connectivity index (χ4n) is 3.89. The first-order chi connectivity index (χ1) is 17.1. The maximum Gasteiger partial charge on any atom is 0.312 e. The number of carbonyl (C=O) groups is 1. The van der Waals surface area contributed by atoms with Gasteiger partial charge in [-0.2, -0.15) is 5.90 Å². The summed E-state index contributed by atoms with van der Waals surface area (Å²) < 4.78 is 5.38. The minimum atomic E-state index is -0.454. The molecule has 0 aliphatic rings. The predicted molar refractivity (Wildman–Crippen MR) is 134 cm³/mol. The summed E-state index contributed by atoms with van der Waals surface area (Å²) in [6, 6.07) is 21.2. The Morgan fingerprint density at radius 1 is 1.03 bits per heavy atom. The Balaban J connectivity index is 1.55. The van der Waals surface area contributed by atoms with Gasteiger partial charge in [-0.1, -0.05) is 42.5 Å². The summed E-state index contributed by atoms with van der Waals surface area (Å²) in [7, 11) is 1.65. The van der Waals surface area contributed by atoms with Gasteiger partial charge in [0.05, 0.1) is 13.3 Å². The molecule has 8 nitrogen and oxygen atoms in total. The lowest BCUT2D eigenvalue weighted by Crippen LogP contribution is -2.25. The van der Waals surface area contributed by atoms with Crippen LogP contribution in [0.5, 0.6) is 5.75 Å². The zero-order chi connectivity index (χ0) is 24.6. The number of methoxy groups -OCH3 is 1. The summed E-state index contributed by atoms with van der Waals surface area (Å²) in [4.78, 5) is 21.5. The normalized spacial score (nSPS) is 11.2. The Morgan fingerprint density at radius 2 is 1.89 bits per heavy atom. The quantitative estimate of drug-likeness (QED) is 0.214. The monoisotopic (exact) mass is 470 g/mol. The molecule has 1 heterocycles. The fraction of sp³-hybridized carbons (Fsp3) is 0.111. The predicted octanol–water partition coefficient (Wildman–Crippen LogP) is 4.18. The van der Waals surface area contributed by atoms with E-state index in [1.165, 1.54) is 6.20 Å². The van der Waals surface area contributed by atoms with Crippen LogP contribution in [0.2, 0.25) is 0 Å². The van der Waals surface area contributed by atoms with Crippen LogP contribution < -0.4 is 21.3 Å². The molecule has 0 unspecified atom stereocenters. The van der Waals surface area contributed by atoms with E-state index in [4.69, 9.17) is 10.6 Å². The molecule has 35 heavy (non-hydrogen) atoms. The highest BCUT2D eigenvalue weighted by Crippen LogP contribution is 2.32. The summed E-state index contributed by atoms with van der Waals surface area (Å²) >= 11 is 0. The van der Waals surface area contributed by atoms with Crippen LogP contribution in [0.1, 0.15) is 21.5 Å². The van der Waals surface area contributed by atoms with Gasteiger partial charge in [0, 0.05) is 36.4 Å². The highest BCUT2D eigenvalue weighted by atomic mass is 16.7. The number of pyridine rings is 1. The number of hydrogen-bond acceptors (Lipinski definition) is 7. The smallest absolute Gasteiger partial charge is 0.312 e. The first-order valence-corrected chi connectivity index (χ1v) is 11.0. The number of nitrogens with one attached hydrogen (secondary N) is 2. The molecule has 3 aromatic carbocycles. The Hall–Kier alpha value is -4.56. The molecule has 1 aromatic heterocycles. The topological polar surface area (TPSA) is 119 Å². The molecule has 0 spiro atoms. The van der Waals surface area contributed by atoms with E-state index in [1.54, 1.807) is 25.4 Å². The number of nitrogens with two attached hydrogens (primary N) is 1. The number of benzene rings is 3. The minimum Gasteiger partial charge on any atom is -0.497 e. The van der Waals surface area contributed by atoms with E-state index < -0.39 is 5.95 Å². The van der Waals surface area contributed by atoms with Gasteiger partial charge in [-0.15, -0.1) is 0 Å². The maximum absolute atomic E-state index is 13.0. The van der Waals surface area contributed by atoms with Crippen LogP contribution in [0.15, 0.2) is 91.3 Å². The van der Waals surface area contributed by atoms with Crippen LogP contribution in [0, 0.1) is 0 Å². The number of aromatic nitrogens is 1. The SMILES string of the molecule is COc1cccc(-c2ccc(CNC(=O)c3ccccc3CN/C=C(/O)ON)c3cnccc23)c1. The first kappa shape index (κ1) is 23.6. The van der Waals surface area contributed by atoms with Crippen molar-refractivity contribution in [1.29, 1.82) is 0 Å². The van der Waals surface area contributed by atoms with Crippen LogP contribution >= 0.6 is 0 Å². The molecular weight excluding hydrogens is 444 g/mol.